The van der Waals surface area contributed by atoms with E-state index in [4.69, 9.17) is 5.73 Å². The highest BCUT2D eigenvalue weighted by molar-refractivity contribution is 7.89. The third kappa shape index (κ3) is 2.56. The molecule has 2 aliphatic heterocycles. The Labute approximate surface area is 124 Å². The number of fused-ring (bicyclic) bond motifs is 1. The fraction of sp³-hybridized carbons (Fsp3) is 0.500. The molecule has 2 aliphatic rings. The van der Waals surface area contributed by atoms with Crippen molar-refractivity contribution in [2.45, 2.75) is 30.7 Å². The average Bonchev–Trinajstić information content (AvgIpc) is 2.80. The number of amides is 1. The SMILES string of the molecule is CC1CN(S(=O)(=O)c2ccc3c(c2)CC(=O)N3)CCC1N. The van der Waals surface area contributed by atoms with Gasteiger partial charge in [-0.05, 0) is 36.1 Å². The summed E-state index contributed by atoms with van der Waals surface area (Å²) < 4.78 is 26.9. The van der Waals surface area contributed by atoms with Gasteiger partial charge in [0.05, 0.1) is 11.3 Å². The summed E-state index contributed by atoms with van der Waals surface area (Å²) in [7, 11) is -3.52. The van der Waals surface area contributed by atoms with Crippen LogP contribution in [0.2, 0.25) is 0 Å². The molecule has 0 aliphatic carbocycles. The number of carbonyl (C=O) groups excluding carboxylic acids is 1. The van der Waals surface area contributed by atoms with Crippen molar-refractivity contribution in [3.8, 4) is 0 Å². The Morgan fingerprint density at radius 1 is 1.38 bits per heavy atom. The molecular weight excluding hydrogens is 290 g/mol. The number of piperidine rings is 1. The van der Waals surface area contributed by atoms with Gasteiger partial charge >= 0.3 is 0 Å². The second-order valence-electron chi connectivity index (χ2n) is 5.84. The minimum atomic E-state index is -3.52. The Morgan fingerprint density at radius 2 is 2.14 bits per heavy atom. The average molecular weight is 309 g/mol. The maximum absolute atomic E-state index is 12.7. The molecule has 3 N–H and O–H groups in total. The number of nitrogens with one attached hydrogen (secondary N) is 1. The normalized spacial score (nSPS) is 26.5. The number of hydrogen-bond donors (Lipinski definition) is 2. The molecule has 2 heterocycles. The van der Waals surface area contributed by atoms with Gasteiger partial charge in [0.1, 0.15) is 0 Å². The van der Waals surface area contributed by atoms with Gasteiger partial charge in [-0.25, -0.2) is 8.42 Å². The van der Waals surface area contributed by atoms with E-state index in [1.54, 1.807) is 18.2 Å². The monoisotopic (exact) mass is 309 g/mol. The molecule has 1 fully saturated rings. The second kappa shape index (κ2) is 5.08. The zero-order valence-corrected chi connectivity index (χ0v) is 12.7. The third-order valence-electron chi connectivity index (χ3n) is 4.27. The Balaban J connectivity index is 1.89. The van der Waals surface area contributed by atoms with Gasteiger partial charge in [-0.2, -0.15) is 4.31 Å². The first kappa shape index (κ1) is 14.5. The molecule has 114 valence electrons. The van der Waals surface area contributed by atoms with Crippen LogP contribution in [-0.2, 0) is 21.2 Å². The number of sulfonamides is 1. The highest BCUT2D eigenvalue weighted by Crippen LogP contribution is 2.29. The number of nitrogens with two attached hydrogens (primary N) is 1. The molecule has 7 heteroatoms. The van der Waals surface area contributed by atoms with Crippen molar-refractivity contribution in [2.24, 2.45) is 11.7 Å². The summed E-state index contributed by atoms with van der Waals surface area (Å²) in [6.45, 7) is 2.86. The van der Waals surface area contributed by atoms with Gasteiger partial charge in [-0.1, -0.05) is 6.92 Å². The van der Waals surface area contributed by atoms with Crippen LogP contribution in [0, 0.1) is 5.92 Å². The predicted molar refractivity (Wildman–Crippen MR) is 79.3 cm³/mol. The quantitative estimate of drug-likeness (QED) is 0.834. The molecule has 0 aromatic heterocycles. The van der Waals surface area contributed by atoms with E-state index in [9.17, 15) is 13.2 Å². The smallest absolute Gasteiger partial charge is 0.243 e. The zero-order valence-electron chi connectivity index (χ0n) is 11.9. The highest BCUT2D eigenvalue weighted by atomic mass is 32.2. The second-order valence-corrected chi connectivity index (χ2v) is 7.77. The van der Waals surface area contributed by atoms with Gasteiger partial charge in [0.2, 0.25) is 15.9 Å². The molecule has 1 aromatic carbocycles. The summed E-state index contributed by atoms with van der Waals surface area (Å²) in [6.07, 6.45) is 0.908. The van der Waals surface area contributed by atoms with Gasteiger partial charge in [-0.3, -0.25) is 4.79 Å². The van der Waals surface area contributed by atoms with Crippen LogP contribution in [-0.4, -0.2) is 37.8 Å². The summed E-state index contributed by atoms with van der Waals surface area (Å²) in [6, 6.07) is 4.87. The van der Waals surface area contributed by atoms with Crippen LogP contribution in [0.3, 0.4) is 0 Å². The Hall–Kier alpha value is -1.44. The Kier molecular flexibility index (Phi) is 3.51. The van der Waals surface area contributed by atoms with Crippen LogP contribution < -0.4 is 11.1 Å². The molecule has 0 radical (unpaired) electrons. The van der Waals surface area contributed by atoms with E-state index in [1.807, 2.05) is 6.92 Å². The summed E-state index contributed by atoms with van der Waals surface area (Å²) in [4.78, 5) is 11.6. The molecular formula is C14H19N3O3S. The molecule has 0 bridgehead atoms. The first-order valence-corrected chi connectivity index (χ1v) is 8.50. The Morgan fingerprint density at radius 3 is 2.86 bits per heavy atom. The van der Waals surface area contributed by atoms with E-state index in [0.29, 0.717) is 25.2 Å². The lowest BCUT2D eigenvalue weighted by atomic mass is 9.96. The molecule has 6 nitrogen and oxygen atoms in total. The van der Waals surface area contributed by atoms with Crippen molar-refractivity contribution >= 4 is 21.6 Å². The van der Waals surface area contributed by atoms with Crippen molar-refractivity contribution < 1.29 is 13.2 Å². The van der Waals surface area contributed by atoms with E-state index < -0.39 is 10.0 Å². The Bertz CT molecular complexity index is 687. The van der Waals surface area contributed by atoms with Crippen LogP contribution in [0.25, 0.3) is 0 Å². The highest BCUT2D eigenvalue weighted by Gasteiger charge is 2.32. The summed E-state index contributed by atoms with van der Waals surface area (Å²) in [5.41, 5.74) is 7.38. The minimum Gasteiger partial charge on any atom is -0.327 e. The standard InChI is InChI=1S/C14H19N3O3S/c1-9-8-17(5-4-12(9)15)21(19,20)11-2-3-13-10(6-11)7-14(18)16-13/h2-3,6,9,12H,4-5,7-8,15H2,1H3,(H,16,18). The first-order chi connectivity index (χ1) is 9.88. The van der Waals surface area contributed by atoms with E-state index in [-0.39, 0.29) is 29.2 Å². The van der Waals surface area contributed by atoms with E-state index in [2.05, 4.69) is 5.32 Å². The molecule has 1 saturated heterocycles. The fourth-order valence-corrected chi connectivity index (χ4v) is 4.47. The van der Waals surface area contributed by atoms with Gasteiger partial charge in [0.25, 0.3) is 0 Å². The summed E-state index contributed by atoms with van der Waals surface area (Å²) >= 11 is 0. The van der Waals surface area contributed by atoms with Gasteiger partial charge in [0.15, 0.2) is 0 Å². The number of benzene rings is 1. The lowest BCUT2D eigenvalue weighted by molar-refractivity contribution is -0.115. The lowest BCUT2D eigenvalue weighted by Gasteiger charge is -2.34. The predicted octanol–water partition coefficient (Wildman–Crippen LogP) is 0.539. The van der Waals surface area contributed by atoms with Gasteiger partial charge in [0, 0.05) is 24.8 Å². The maximum atomic E-state index is 12.7. The number of carbonyl (C=O) groups is 1. The van der Waals surface area contributed by atoms with Crippen molar-refractivity contribution in [1.82, 2.24) is 4.31 Å². The van der Waals surface area contributed by atoms with Crippen LogP contribution in [0.1, 0.15) is 18.9 Å². The van der Waals surface area contributed by atoms with Crippen molar-refractivity contribution in [2.75, 3.05) is 18.4 Å². The van der Waals surface area contributed by atoms with Crippen LogP contribution in [0.4, 0.5) is 5.69 Å². The molecule has 1 aromatic rings. The molecule has 2 unspecified atom stereocenters. The molecule has 0 saturated carbocycles. The van der Waals surface area contributed by atoms with Crippen molar-refractivity contribution in [1.29, 1.82) is 0 Å². The summed E-state index contributed by atoms with van der Waals surface area (Å²) in [5, 5.41) is 2.70. The maximum Gasteiger partial charge on any atom is 0.243 e. The largest absolute Gasteiger partial charge is 0.327 e. The lowest BCUT2D eigenvalue weighted by Crippen LogP contribution is -2.48. The summed E-state index contributed by atoms with van der Waals surface area (Å²) in [5.74, 6) is 0.0447. The molecule has 1 amide bonds. The van der Waals surface area contributed by atoms with Crippen molar-refractivity contribution in [3.05, 3.63) is 23.8 Å². The van der Waals surface area contributed by atoms with Crippen molar-refractivity contribution in [3.63, 3.8) is 0 Å². The fourth-order valence-electron chi connectivity index (χ4n) is 2.86. The van der Waals surface area contributed by atoms with Crippen LogP contribution >= 0.6 is 0 Å². The number of rotatable bonds is 2. The number of anilines is 1. The van der Waals surface area contributed by atoms with Crippen LogP contribution in [0.5, 0.6) is 0 Å². The third-order valence-corrected chi connectivity index (χ3v) is 6.14. The molecule has 21 heavy (non-hydrogen) atoms. The van der Waals surface area contributed by atoms with E-state index in [0.717, 1.165) is 5.56 Å². The molecule has 2 atom stereocenters. The number of nitrogens with zero attached hydrogens (tertiary/aromatic N) is 1. The zero-order chi connectivity index (χ0) is 15.2. The molecule has 3 rings (SSSR count). The van der Waals surface area contributed by atoms with Gasteiger partial charge in [-0.15, -0.1) is 0 Å². The molecule has 0 spiro atoms. The number of hydrogen-bond acceptors (Lipinski definition) is 4. The van der Waals surface area contributed by atoms with Gasteiger partial charge < -0.3 is 11.1 Å². The first-order valence-electron chi connectivity index (χ1n) is 7.06. The topological polar surface area (TPSA) is 92.5 Å². The van der Waals surface area contributed by atoms with E-state index >= 15 is 0 Å². The van der Waals surface area contributed by atoms with Crippen LogP contribution in [0.15, 0.2) is 23.1 Å². The van der Waals surface area contributed by atoms with E-state index in [1.165, 1.54) is 4.31 Å². The minimum absolute atomic E-state index is 0.0540.